The smallest absolute Gasteiger partial charge is 0.322 e. The Morgan fingerprint density at radius 2 is 1.64 bits per heavy atom. The molecule has 0 aliphatic rings. The van der Waals surface area contributed by atoms with Gasteiger partial charge in [-0.15, -0.1) is 0 Å². The number of carbonyl (C=O) groups is 4. The third kappa shape index (κ3) is 26.6. The number of rotatable bonds is 18. The van der Waals surface area contributed by atoms with Crippen molar-refractivity contribution in [2.75, 3.05) is 33.2 Å². The molecular formula is C28H50N10O5S. The van der Waals surface area contributed by atoms with Crippen molar-refractivity contribution in [1.29, 1.82) is 0 Å². The molecule has 2 atom stereocenters. The number of amides is 3. The summed E-state index contributed by atoms with van der Waals surface area (Å²) in [6.07, 6.45) is 4.14. The summed E-state index contributed by atoms with van der Waals surface area (Å²) >= 11 is 4.54. The Hall–Kier alpha value is -4.28. The number of allylic oxidation sites excluding steroid dienone is 1. The van der Waals surface area contributed by atoms with E-state index in [0.29, 0.717) is 38.8 Å². The zero-order chi connectivity index (χ0) is 33.8. The molecule has 0 aliphatic carbocycles. The van der Waals surface area contributed by atoms with E-state index in [1.165, 1.54) is 11.1 Å². The summed E-state index contributed by atoms with van der Waals surface area (Å²) in [6, 6.07) is 8.49. The zero-order valence-electron chi connectivity index (χ0n) is 25.8. The van der Waals surface area contributed by atoms with Crippen molar-refractivity contribution in [3.63, 3.8) is 0 Å². The van der Waals surface area contributed by atoms with Crippen molar-refractivity contribution in [2.24, 2.45) is 27.9 Å². The molecule has 0 bridgehead atoms. The maximum Gasteiger partial charge on any atom is 0.322 e. The van der Waals surface area contributed by atoms with Crippen LogP contribution in [0.4, 0.5) is 0 Å². The molecule has 2 unspecified atom stereocenters. The average Bonchev–Trinajstić information content (AvgIpc) is 2.97. The number of nitrogens with one attached hydrogen (secondary N) is 5. The lowest BCUT2D eigenvalue weighted by molar-refractivity contribution is -0.138. The summed E-state index contributed by atoms with van der Waals surface area (Å²) in [7, 11) is 1.84. The molecule has 0 heterocycles. The SMILES string of the molecule is CN/C=C(/C)NC=S.Cc1ccccc1.NCCCCC(NC(=O)CNC(=O)C(N)CCCN=C(N)N)C(=O)NCC(=O)O. The fraction of sp³-hybridized carbons (Fsp3) is 0.500. The molecule has 0 fully saturated rings. The van der Waals surface area contributed by atoms with Crippen LogP contribution < -0.4 is 49.5 Å². The second-order valence-electron chi connectivity index (χ2n) is 9.32. The molecule has 248 valence electrons. The Balaban J connectivity index is 0. The highest BCUT2D eigenvalue weighted by Crippen LogP contribution is 2.01. The van der Waals surface area contributed by atoms with Crippen LogP contribution in [-0.2, 0) is 19.2 Å². The molecule has 0 aromatic heterocycles. The lowest BCUT2D eigenvalue weighted by atomic mass is 10.1. The zero-order valence-corrected chi connectivity index (χ0v) is 26.6. The van der Waals surface area contributed by atoms with Gasteiger partial charge in [0.2, 0.25) is 17.7 Å². The molecule has 0 saturated carbocycles. The molecule has 44 heavy (non-hydrogen) atoms. The molecule has 0 saturated heterocycles. The van der Waals surface area contributed by atoms with Crippen molar-refractivity contribution in [3.05, 3.63) is 47.8 Å². The van der Waals surface area contributed by atoms with E-state index in [9.17, 15) is 19.2 Å². The van der Waals surface area contributed by atoms with Gasteiger partial charge < -0.3 is 54.6 Å². The first-order valence-corrected chi connectivity index (χ1v) is 14.5. The number of aryl methyl sites for hydroxylation is 1. The summed E-state index contributed by atoms with van der Waals surface area (Å²) in [5.74, 6) is -3.01. The van der Waals surface area contributed by atoms with Crippen molar-refractivity contribution in [3.8, 4) is 0 Å². The number of carbonyl (C=O) groups excluding carboxylic acids is 3. The minimum absolute atomic E-state index is 0.0481. The highest BCUT2D eigenvalue weighted by atomic mass is 32.1. The molecule has 14 N–H and O–H groups in total. The van der Waals surface area contributed by atoms with Crippen molar-refractivity contribution >= 4 is 47.4 Å². The van der Waals surface area contributed by atoms with E-state index in [0.717, 1.165) is 5.70 Å². The van der Waals surface area contributed by atoms with Crippen molar-refractivity contribution in [2.45, 2.75) is 58.0 Å². The van der Waals surface area contributed by atoms with Crippen LogP contribution >= 0.6 is 12.2 Å². The second kappa shape index (κ2) is 27.5. The van der Waals surface area contributed by atoms with Crippen LogP contribution in [0.3, 0.4) is 0 Å². The molecule has 0 radical (unpaired) electrons. The number of hydrogen-bond donors (Lipinski definition) is 10. The van der Waals surface area contributed by atoms with Crippen LogP contribution in [0.15, 0.2) is 47.2 Å². The number of nitrogens with zero attached hydrogens (tertiary/aromatic N) is 1. The average molecular weight is 639 g/mol. The molecule has 15 nitrogen and oxygen atoms in total. The predicted octanol–water partition coefficient (Wildman–Crippen LogP) is -1.09. The van der Waals surface area contributed by atoms with Crippen molar-refractivity contribution < 1.29 is 24.3 Å². The van der Waals surface area contributed by atoms with Crippen LogP contribution in [0, 0.1) is 6.92 Å². The molecule has 3 amide bonds. The fourth-order valence-corrected chi connectivity index (χ4v) is 3.31. The van der Waals surface area contributed by atoms with Gasteiger partial charge in [-0.3, -0.25) is 24.2 Å². The van der Waals surface area contributed by atoms with E-state index >= 15 is 0 Å². The maximum absolute atomic E-state index is 12.1. The second-order valence-corrected chi connectivity index (χ2v) is 9.56. The molecule has 1 aromatic rings. The number of benzene rings is 1. The van der Waals surface area contributed by atoms with Gasteiger partial charge >= 0.3 is 5.97 Å². The quantitative estimate of drug-likeness (QED) is 0.0398. The first-order valence-electron chi connectivity index (χ1n) is 14.0. The minimum atomic E-state index is -1.20. The van der Waals surface area contributed by atoms with Crippen molar-refractivity contribution in [1.82, 2.24) is 26.6 Å². The molecular weight excluding hydrogens is 588 g/mol. The molecule has 16 heteroatoms. The summed E-state index contributed by atoms with van der Waals surface area (Å²) in [5, 5.41) is 21.4. The topological polar surface area (TPSA) is 265 Å². The third-order valence-corrected chi connectivity index (χ3v) is 5.45. The Morgan fingerprint density at radius 3 is 2.14 bits per heavy atom. The van der Waals surface area contributed by atoms with E-state index < -0.39 is 42.3 Å². The Kier molecular flexibility index (Phi) is 26.2. The lowest BCUT2D eigenvalue weighted by Crippen LogP contribution is -2.51. The third-order valence-electron chi connectivity index (χ3n) is 5.33. The van der Waals surface area contributed by atoms with Gasteiger partial charge in [0.1, 0.15) is 12.6 Å². The number of aliphatic carboxylic acids is 1. The molecule has 0 aliphatic heterocycles. The summed E-state index contributed by atoms with van der Waals surface area (Å²) in [4.78, 5) is 50.4. The normalized spacial score (nSPS) is 11.4. The Morgan fingerprint density at radius 1 is 1.00 bits per heavy atom. The number of unbranched alkanes of at least 4 members (excludes halogenated alkanes) is 1. The highest BCUT2D eigenvalue weighted by molar-refractivity contribution is 7.78. The number of carboxylic acid groups (broad SMARTS) is 1. The Labute approximate surface area is 265 Å². The van der Waals surface area contributed by atoms with Gasteiger partial charge in [-0.1, -0.05) is 48.1 Å². The van der Waals surface area contributed by atoms with Gasteiger partial charge in [-0.2, -0.15) is 0 Å². The van der Waals surface area contributed by atoms with Gasteiger partial charge in [0.25, 0.3) is 0 Å². The van der Waals surface area contributed by atoms with E-state index in [1.807, 2.05) is 38.4 Å². The summed E-state index contributed by atoms with van der Waals surface area (Å²) < 4.78 is 0. The van der Waals surface area contributed by atoms with Crippen LogP contribution in [0.2, 0.25) is 0 Å². The molecule has 1 aromatic carbocycles. The fourth-order valence-electron chi connectivity index (χ4n) is 3.13. The van der Waals surface area contributed by atoms with E-state index in [4.69, 9.17) is 28.0 Å². The monoisotopic (exact) mass is 638 g/mol. The van der Waals surface area contributed by atoms with E-state index in [2.05, 4.69) is 62.9 Å². The lowest BCUT2D eigenvalue weighted by Gasteiger charge is -2.18. The molecule has 0 spiro atoms. The van der Waals surface area contributed by atoms with Gasteiger partial charge in [-0.25, -0.2) is 0 Å². The van der Waals surface area contributed by atoms with Gasteiger partial charge in [-0.05, 0) is 52.5 Å². The first kappa shape index (κ1) is 41.9. The van der Waals surface area contributed by atoms with Crippen LogP contribution in [0.1, 0.15) is 44.6 Å². The maximum atomic E-state index is 12.1. The van der Waals surface area contributed by atoms with Crippen LogP contribution in [0.5, 0.6) is 0 Å². The summed E-state index contributed by atoms with van der Waals surface area (Å²) in [5.41, 5.74) is 25.3. The number of carboxylic acids is 1. The van der Waals surface area contributed by atoms with E-state index in [1.54, 1.807) is 0 Å². The number of hydrogen-bond acceptors (Lipinski definition) is 9. The van der Waals surface area contributed by atoms with Gasteiger partial charge in [0.15, 0.2) is 5.96 Å². The van der Waals surface area contributed by atoms with Crippen LogP contribution in [0.25, 0.3) is 0 Å². The van der Waals surface area contributed by atoms with Crippen LogP contribution in [-0.4, -0.2) is 85.6 Å². The van der Waals surface area contributed by atoms with Gasteiger partial charge in [0, 0.05) is 25.5 Å². The summed E-state index contributed by atoms with van der Waals surface area (Å²) in [6.45, 7) is 3.83. The number of aliphatic imine (C=N–C) groups is 1. The minimum Gasteiger partial charge on any atom is -0.480 e. The Bertz CT molecular complexity index is 1040. The number of guanidine groups is 1. The first-order chi connectivity index (χ1) is 20.9. The van der Waals surface area contributed by atoms with Gasteiger partial charge in [0.05, 0.1) is 18.1 Å². The van der Waals surface area contributed by atoms with E-state index in [-0.39, 0.29) is 18.9 Å². The largest absolute Gasteiger partial charge is 0.480 e. The number of thiocarbonyl (C=S) groups is 1. The highest BCUT2D eigenvalue weighted by Gasteiger charge is 2.21. The predicted molar refractivity (Wildman–Crippen MR) is 177 cm³/mol. The molecule has 1 rings (SSSR count). The standard InChI is InChI=1S/C16H32N8O5.C7H8.C5H10N2S/c17-6-2-1-5-11(15(29)23-9-13(26)27)24-12(25)8-22-14(28)10(18)4-3-7-21-16(19)20;1-7-5-3-2-4-6-7;1-5(3-6-2)7-4-8/h10-11H,1-9,17-18H2,(H,22,28)(H,23,29)(H,24,25)(H,26,27)(H4,19,20,21);2-6H,1H3;3-4,6H,1-2H3,(H,7,8)/b;;5-3-. The number of nitrogens with two attached hydrogens (primary N) is 4.